The summed E-state index contributed by atoms with van der Waals surface area (Å²) < 4.78 is 0. The molecule has 194 valence electrons. The van der Waals surface area contributed by atoms with E-state index >= 15 is 0 Å². The van der Waals surface area contributed by atoms with E-state index in [1.165, 1.54) is 45.5 Å². The molecular formula is C36H46P+. The minimum atomic E-state index is -1.80. The minimum Gasteiger partial charge on any atom is -0.0856 e. The summed E-state index contributed by atoms with van der Waals surface area (Å²) in [6.45, 7) is 11.4. The molecule has 0 aliphatic heterocycles. The normalized spacial score (nSPS) is 13.3. The lowest BCUT2D eigenvalue weighted by atomic mass is 10.1. The minimum absolute atomic E-state index is 0.543. The van der Waals surface area contributed by atoms with Gasteiger partial charge in [-0.15, -0.1) is 0 Å². The first kappa shape index (κ1) is 28.9. The molecule has 1 atom stereocenters. The molecule has 0 saturated carbocycles. The van der Waals surface area contributed by atoms with Gasteiger partial charge in [0.15, 0.2) is 0 Å². The number of hydrogen-bond acceptors (Lipinski definition) is 0. The van der Waals surface area contributed by atoms with Crippen molar-refractivity contribution in [2.75, 3.05) is 0 Å². The molecule has 0 nitrogen and oxygen atoms in total. The second kappa shape index (κ2) is 14.9. The summed E-state index contributed by atoms with van der Waals surface area (Å²) in [4.78, 5) is 0. The van der Waals surface area contributed by atoms with E-state index in [0.717, 1.165) is 25.7 Å². The van der Waals surface area contributed by atoms with Crippen LogP contribution in [-0.4, -0.2) is 5.66 Å². The third-order valence-electron chi connectivity index (χ3n) is 7.35. The number of rotatable bonds is 13. The van der Waals surface area contributed by atoms with E-state index < -0.39 is 7.26 Å². The third-order valence-corrected chi connectivity index (χ3v) is 12.3. The summed E-state index contributed by atoms with van der Waals surface area (Å²) >= 11 is 0. The van der Waals surface area contributed by atoms with Gasteiger partial charge in [-0.2, -0.15) is 0 Å². The van der Waals surface area contributed by atoms with Crippen LogP contribution in [0.5, 0.6) is 0 Å². The second-order valence-electron chi connectivity index (χ2n) is 10.6. The molecule has 0 spiro atoms. The largest absolute Gasteiger partial charge is 0.114 e. The maximum absolute atomic E-state index is 2.50. The van der Waals surface area contributed by atoms with Gasteiger partial charge < -0.3 is 0 Å². The van der Waals surface area contributed by atoms with Crippen molar-refractivity contribution in [1.29, 1.82) is 0 Å². The molecule has 3 rings (SSSR count). The quantitative estimate of drug-likeness (QED) is 0.159. The van der Waals surface area contributed by atoms with E-state index in [1.54, 1.807) is 0 Å². The maximum Gasteiger partial charge on any atom is 0.114 e. The standard InChI is InChI=1S/C36H46P/c1-30(2)18-15-19-31(3)20-16-21-32(4)22-17-23-33(5)37(34-24-9-6-10-25-34,35-26-11-7-12-27-35)36-28-13-8-14-29-36/h6-14,18,20,22,24-29,33H,15-17,19,21,23H2,1-5H3/q+1/b31-20+,32-22+. The zero-order chi connectivity index (χ0) is 26.5. The Morgan fingerprint density at radius 3 is 1.35 bits per heavy atom. The molecule has 0 amide bonds. The molecule has 0 N–H and O–H groups in total. The van der Waals surface area contributed by atoms with Crippen LogP contribution in [0.4, 0.5) is 0 Å². The average molecular weight is 510 g/mol. The van der Waals surface area contributed by atoms with Crippen LogP contribution >= 0.6 is 7.26 Å². The lowest BCUT2D eigenvalue weighted by Gasteiger charge is -2.33. The van der Waals surface area contributed by atoms with Crippen LogP contribution in [0.25, 0.3) is 0 Å². The van der Waals surface area contributed by atoms with Crippen LogP contribution in [0.2, 0.25) is 0 Å². The smallest absolute Gasteiger partial charge is 0.0856 e. The SMILES string of the molecule is CC(C)=CCC/C(C)=C/CC/C(C)=C/CCC(C)[P+](c1ccccc1)(c1ccccc1)c1ccccc1. The van der Waals surface area contributed by atoms with Crippen molar-refractivity contribution < 1.29 is 0 Å². The van der Waals surface area contributed by atoms with Crippen molar-refractivity contribution in [3.63, 3.8) is 0 Å². The molecule has 0 saturated heterocycles. The van der Waals surface area contributed by atoms with Gasteiger partial charge in [0.1, 0.15) is 23.2 Å². The Labute approximate surface area is 227 Å². The van der Waals surface area contributed by atoms with Gasteiger partial charge in [-0.05, 0) is 110 Å². The van der Waals surface area contributed by atoms with Crippen LogP contribution in [0.1, 0.15) is 73.1 Å². The first-order valence-electron chi connectivity index (χ1n) is 13.9. The number of hydrogen-bond donors (Lipinski definition) is 0. The molecule has 3 aromatic carbocycles. The van der Waals surface area contributed by atoms with Crippen molar-refractivity contribution in [2.45, 2.75) is 78.8 Å². The first-order chi connectivity index (χ1) is 17.9. The monoisotopic (exact) mass is 509 g/mol. The summed E-state index contributed by atoms with van der Waals surface area (Å²) in [6.07, 6.45) is 14.2. The molecule has 37 heavy (non-hydrogen) atoms. The predicted molar refractivity (Wildman–Crippen MR) is 169 cm³/mol. The van der Waals surface area contributed by atoms with Crippen LogP contribution < -0.4 is 15.9 Å². The zero-order valence-electron chi connectivity index (χ0n) is 23.7. The second-order valence-corrected chi connectivity index (χ2v) is 14.5. The Kier molecular flexibility index (Phi) is 11.6. The van der Waals surface area contributed by atoms with E-state index in [4.69, 9.17) is 0 Å². The lowest BCUT2D eigenvalue weighted by Crippen LogP contribution is -2.37. The van der Waals surface area contributed by atoms with Gasteiger partial charge in [0.05, 0.1) is 5.66 Å². The fraction of sp³-hybridized carbons (Fsp3) is 0.333. The zero-order valence-corrected chi connectivity index (χ0v) is 24.6. The lowest BCUT2D eigenvalue weighted by molar-refractivity contribution is 0.811. The molecule has 0 fully saturated rings. The Morgan fingerprint density at radius 2 is 0.946 bits per heavy atom. The van der Waals surface area contributed by atoms with Crippen molar-refractivity contribution in [1.82, 2.24) is 0 Å². The highest BCUT2D eigenvalue weighted by molar-refractivity contribution is 7.96. The van der Waals surface area contributed by atoms with Crippen molar-refractivity contribution >= 4 is 23.2 Å². The fourth-order valence-electron chi connectivity index (χ4n) is 5.30. The Bertz CT molecular complexity index is 1050. The molecule has 0 aliphatic carbocycles. The van der Waals surface area contributed by atoms with Crippen molar-refractivity contribution in [3.05, 3.63) is 126 Å². The van der Waals surface area contributed by atoms with Gasteiger partial charge in [0.2, 0.25) is 0 Å². The molecule has 0 aromatic heterocycles. The Balaban J connectivity index is 1.77. The summed E-state index contributed by atoms with van der Waals surface area (Å²) in [5, 5.41) is 4.44. The first-order valence-corrected chi connectivity index (χ1v) is 15.8. The molecule has 0 aliphatic rings. The summed E-state index contributed by atoms with van der Waals surface area (Å²) in [6, 6.07) is 33.8. The van der Waals surface area contributed by atoms with Crippen molar-refractivity contribution in [3.8, 4) is 0 Å². The van der Waals surface area contributed by atoms with E-state index in [2.05, 4.69) is 144 Å². The molecule has 0 radical (unpaired) electrons. The van der Waals surface area contributed by atoms with Crippen LogP contribution in [0, 0.1) is 0 Å². The molecule has 0 bridgehead atoms. The molecule has 3 aromatic rings. The van der Waals surface area contributed by atoms with Gasteiger partial charge >= 0.3 is 0 Å². The average Bonchev–Trinajstić information content (AvgIpc) is 2.91. The van der Waals surface area contributed by atoms with Gasteiger partial charge in [-0.25, -0.2) is 0 Å². The highest BCUT2D eigenvalue weighted by Gasteiger charge is 2.49. The number of allylic oxidation sites excluding steroid dienone is 6. The van der Waals surface area contributed by atoms with Gasteiger partial charge in [-0.1, -0.05) is 89.5 Å². The van der Waals surface area contributed by atoms with Gasteiger partial charge in [0, 0.05) is 0 Å². The summed E-state index contributed by atoms with van der Waals surface area (Å²) in [7, 11) is -1.80. The third kappa shape index (κ3) is 8.15. The predicted octanol–water partition coefficient (Wildman–Crippen LogP) is 9.57. The van der Waals surface area contributed by atoms with Crippen molar-refractivity contribution in [2.24, 2.45) is 0 Å². The van der Waals surface area contributed by atoms with Crippen LogP contribution in [0.15, 0.2) is 126 Å². The van der Waals surface area contributed by atoms with Crippen LogP contribution in [-0.2, 0) is 0 Å². The Morgan fingerprint density at radius 1 is 0.568 bits per heavy atom. The van der Waals surface area contributed by atoms with Gasteiger partial charge in [0.25, 0.3) is 0 Å². The Hall–Kier alpha value is -2.69. The molecule has 0 heterocycles. The summed E-state index contributed by atoms with van der Waals surface area (Å²) in [5.74, 6) is 0. The van der Waals surface area contributed by atoms with E-state index in [-0.39, 0.29) is 0 Å². The van der Waals surface area contributed by atoms with Gasteiger partial charge in [-0.3, -0.25) is 0 Å². The van der Waals surface area contributed by atoms with E-state index in [1.807, 2.05) is 0 Å². The number of benzene rings is 3. The topological polar surface area (TPSA) is 0 Å². The summed E-state index contributed by atoms with van der Waals surface area (Å²) in [5.41, 5.74) is 4.99. The maximum atomic E-state index is 2.50. The molecule has 1 heteroatoms. The molecular weight excluding hydrogens is 463 g/mol. The highest BCUT2D eigenvalue weighted by Crippen LogP contribution is 2.60. The van der Waals surface area contributed by atoms with Crippen LogP contribution in [0.3, 0.4) is 0 Å². The highest BCUT2D eigenvalue weighted by atomic mass is 31.2. The van der Waals surface area contributed by atoms with E-state index in [0.29, 0.717) is 5.66 Å². The fourth-order valence-corrected chi connectivity index (χ4v) is 10.2. The van der Waals surface area contributed by atoms with E-state index in [9.17, 15) is 0 Å². The molecule has 1 unspecified atom stereocenters.